The zero-order chi connectivity index (χ0) is 25.4. The number of hydrogen-bond acceptors (Lipinski definition) is 8. The molecule has 38 heavy (non-hydrogen) atoms. The Morgan fingerprint density at radius 3 is 2.61 bits per heavy atom. The smallest absolute Gasteiger partial charge is 0.410 e. The molecule has 5 rings (SSSR count). The number of nitrogens with zero attached hydrogens (tertiary/aromatic N) is 3. The Labute approximate surface area is 236 Å². The van der Waals surface area contributed by atoms with Crippen LogP contribution >= 0.6 is 36.4 Å². The summed E-state index contributed by atoms with van der Waals surface area (Å²) in [6, 6.07) is 6.04. The number of carbonyl (C=O) groups is 1. The number of amides is 1. The highest BCUT2D eigenvalue weighted by Gasteiger charge is 2.29. The van der Waals surface area contributed by atoms with Crippen molar-refractivity contribution in [3.05, 3.63) is 41.4 Å². The number of rotatable bonds is 4. The van der Waals surface area contributed by atoms with Crippen molar-refractivity contribution in [1.29, 1.82) is 0 Å². The lowest BCUT2D eigenvalue weighted by molar-refractivity contribution is 0.0127. The van der Waals surface area contributed by atoms with E-state index < -0.39 is 11.4 Å². The van der Waals surface area contributed by atoms with Crippen LogP contribution in [0.4, 0.5) is 20.7 Å². The average molecular weight is 590 g/mol. The number of anilines is 2. The lowest BCUT2D eigenvalue weighted by Gasteiger charge is -2.33. The van der Waals surface area contributed by atoms with E-state index in [1.807, 2.05) is 20.8 Å². The summed E-state index contributed by atoms with van der Waals surface area (Å²) in [7, 11) is 0. The molecule has 1 saturated heterocycles. The summed E-state index contributed by atoms with van der Waals surface area (Å²) in [6.07, 6.45) is 1.88. The van der Waals surface area contributed by atoms with Crippen LogP contribution < -0.4 is 19.5 Å². The van der Waals surface area contributed by atoms with Gasteiger partial charge in [0, 0.05) is 38.1 Å². The Balaban J connectivity index is 0.00000200. The normalized spacial score (nSPS) is 14.9. The van der Waals surface area contributed by atoms with E-state index in [1.165, 1.54) is 18.5 Å². The molecule has 2 aromatic carbocycles. The minimum Gasteiger partial charge on any atom is -0.489 e. The third-order valence-electron chi connectivity index (χ3n) is 5.79. The van der Waals surface area contributed by atoms with Gasteiger partial charge in [-0.3, -0.25) is 0 Å². The van der Waals surface area contributed by atoms with Gasteiger partial charge in [0.05, 0.1) is 15.9 Å². The van der Waals surface area contributed by atoms with Crippen LogP contribution in [0.15, 0.2) is 30.6 Å². The van der Waals surface area contributed by atoms with Gasteiger partial charge in [-0.15, -0.1) is 24.8 Å². The molecule has 3 heterocycles. The Kier molecular flexibility index (Phi) is 9.22. The SMILES string of the molecule is CC(C)(C)OC(=O)N1CCC(Oc2cc(F)cc3ncnc(Nc4c(Cl)ccc5c4OCO5)c23)CC1.Cl.Cl. The lowest BCUT2D eigenvalue weighted by Crippen LogP contribution is -2.44. The molecule has 1 amide bonds. The van der Waals surface area contributed by atoms with E-state index in [1.54, 1.807) is 17.0 Å². The van der Waals surface area contributed by atoms with Crippen LogP contribution in [0.3, 0.4) is 0 Å². The van der Waals surface area contributed by atoms with Crippen molar-refractivity contribution in [3.63, 3.8) is 0 Å². The van der Waals surface area contributed by atoms with E-state index >= 15 is 0 Å². The Hall–Kier alpha value is -2.95. The zero-order valence-corrected chi connectivity index (χ0v) is 23.3. The number of halogens is 4. The third kappa shape index (κ3) is 6.36. The maximum Gasteiger partial charge on any atom is 0.410 e. The number of likely N-dealkylation sites (tertiary alicyclic amines) is 1. The van der Waals surface area contributed by atoms with Crippen LogP contribution in [0.5, 0.6) is 17.2 Å². The van der Waals surface area contributed by atoms with Crippen molar-refractivity contribution in [3.8, 4) is 17.2 Å². The summed E-state index contributed by atoms with van der Waals surface area (Å²) in [6.45, 7) is 6.52. The second kappa shape index (κ2) is 11.8. The van der Waals surface area contributed by atoms with E-state index in [4.69, 9.17) is 30.5 Å². The number of aromatic nitrogens is 2. The van der Waals surface area contributed by atoms with Crippen LogP contribution in [0.25, 0.3) is 10.9 Å². The summed E-state index contributed by atoms with van der Waals surface area (Å²) in [4.78, 5) is 22.6. The molecule has 0 radical (unpaired) electrons. The predicted octanol–water partition coefficient (Wildman–Crippen LogP) is 6.52. The first kappa shape index (κ1) is 29.6. The molecule has 0 saturated carbocycles. The number of fused-ring (bicyclic) bond motifs is 2. The molecule has 13 heteroatoms. The van der Waals surface area contributed by atoms with Gasteiger partial charge in [0.2, 0.25) is 6.79 Å². The summed E-state index contributed by atoms with van der Waals surface area (Å²) >= 11 is 6.43. The molecule has 3 aromatic rings. The fraction of sp³-hybridized carbons (Fsp3) is 0.400. The number of carbonyl (C=O) groups excluding carboxylic acids is 1. The standard InChI is InChI=1S/C25H26ClFN4O5.2ClH/c1-25(2,3)36-24(32)31-8-6-15(7-9-31)35-19-11-14(27)10-17-20(19)23(29-12-28-17)30-21-16(26)4-5-18-22(21)34-13-33-18;;/h4-5,10-12,15H,6-9,13H2,1-3H3,(H,28,29,30);2*1H. The van der Waals surface area contributed by atoms with E-state index in [2.05, 4.69) is 15.3 Å². The van der Waals surface area contributed by atoms with Crippen molar-refractivity contribution in [2.24, 2.45) is 0 Å². The summed E-state index contributed by atoms with van der Waals surface area (Å²) in [5, 5.41) is 4.10. The van der Waals surface area contributed by atoms with E-state index in [-0.39, 0.29) is 43.8 Å². The minimum absolute atomic E-state index is 0. The lowest BCUT2D eigenvalue weighted by atomic mass is 10.1. The molecule has 0 bridgehead atoms. The largest absolute Gasteiger partial charge is 0.489 e. The minimum atomic E-state index is -0.562. The molecule has 206 valence electrons. The molecule has 1 N–H and O–H groups in total. The van der Waals surface area contributed by atoms with Crippen LogP contribution in [-0.4, -0.2) is 52.5 Å². The van der Waals surface area contributed by atoms with Crippen LogP contribution in [0, 0.1) is 5.82 Å². The van der Waals surface area contributed by atoms with Crippen LogP contribution in [0.2, 0.25) is 5.02 Å². The maximum absolute atomic E-state index is 14.5. The molecule has 0 unspecified atom stereocenters. The number of benzene rings is 2. The van der Waals surface area contributed by atoms with Crippen molar-refractivity contribution in [2.75, 3.05) is 25.2 Å². The maximum atomic E-state index is 14.5. The first-order chi connectivity index (χ1) is 17.2. The fourth-order valence-corrected chi connectivity index (χ4v) is 4.35. The second-order valence-electron chi connectivity index (χ2n) is 9.59. The van der Waals surface area contributed by atoms with E-state index in [0.717, 1.165) is 0 Å². The van der Waals surface area contributed by atoms with Crippen LogP contribution in [-0.2, 0) is 4.74 Å². The van der Waals surface area contributed by atoms with Gasteiger partial charge in [-0.2, -0.15) is 0 Å². The third-order valence-corrected chi connectivity index (χ3v) is 6.10. The first-order valence-electron chi connectivity index (χ1n) is 11.6. The molecule has 0 spiro atoms. The van der Waals surface area contributed by atoms with Crippen molar-refractivity contribution in [2.45, 2.75) is 45.3 Å². The molecule has 0 atom stereocenters. The highest BCUT2D eigenvalue weighted by molar-refractivity contribution is 6.34. The van der Waals surface area contributed by atoms with Gasteiger partial charge in [0.25, 0.3) is 0 Å². The number of hydrogen-bond donors (Lipinski definition) is 1. The Bertz CT molecular complexity index is 1320. The first-order valence-corrected chi connectivity index (χ1v) is 12.0. The molecular weight excluding hydrogens is 562 g/mol. The number of piperidine rings is 1. The average Bonchev–Trinajstić information content (AvgIpc) is 3.29. The van der Waals surface area contributed by atoms with Gasteiger partial charge in [-0.05, 0) is 32.9 Å². The zero-order valence-electron chi connectivity index (χ0n) is 21.0. The molecule has 2 aliphatic rings. The summed E-state index contributed by atoms with van der Waals surface area (Å²) in [5.74, 6) is 1.22. The van der Waals surface area contributed by atoms with Gasteiger partial charge >= 0.3 is 6.09 Å². The highest BCUT2D eigenvalue weighted by Crippen LogP contribution is 2.45. The van der Waals surface area contributed by atoms with Gasteiger partial charge in [-0.1, -0.05) is 11.6 Å². The highest BCUT2D eigenvalue weighted by atomic mass is 35.5. The molecular formula is C25H28Cl3FN4O5. The Morgan fingerprint density at radius 1 is 1.16 bits per heavy atom. The summed E-state index contributed by atoms with van der Waals surface area (Å²) < 4.78 is 37.2. The quantitative estimate of drug-likeness (QED) is 0.368. The van der Waals surface area contributed by atoms with Gasteiger partial charge in [-0.25, -0.2) is 19.2 Å². The molecule has 0 aliphatic carbocycles. The van der Waals surface area contributed by atoms with Gasteiger partial charge < -0.3 is 29.2 Å². The monoisotopic (exact) mass is 588 g/mol. The van der Waals surface area contributed by atoms with Crippen molar-refractivity contribution >= 4 is 64.9 Å². The molecule has 1 fully saturated rings. The van der Waals surface area contributed by atoms with Crippen molar-refractivity contribution < 1.29 is 28.1 Å². The molecule has 1 aromatic heterocycles. The second-order valence-corrected chi connectivity index (χ2v) is 9.99. The Morgan fingerprint density at radius 2 is 1.89 bits per heavy atom. The topological polar surface area (TPSA) is 95.0 Å². The number of ether oxygens (including phenoxy) is 4. The summed E-state index contributed by atoms with van der Waals surface area (Å²) in [5.41, 5.74) is 0.287. The number of nitrogens with one attached hydrogen (secondary N) is 1. The van der Waals surface area contributed by atoms with Crippen molar-refractivity contribution in [1.82, 2.24) is 14.9 Å². The predicted molar refractivity (Wildman–Crippen MR) is 146 cm³/mol. The molecule has 2 aliphatic heterocycles. The van der Waals surface area contributed by atoms with E-state index in [9.17, 15) is 9.18 Å². The van der Waals surface area contributed by atoms with E-state index in [0.29, 0.717) is 70.6 Å². The van der Waals surface area contributed by atoms with Crippen LogP contribution in [0.1, 0.15) is 33.6 Å². The van der Waals surface area contributed by atoms with Gasteiger partial charge in [0.15, 0.2) is 11.5 Å². The fourth-order valence-electron chi connectivity index (χ4n) is 4.15. The van der Waals surface area contributed by atoms with Gasteiger partial charge in [0.1, 0.15) is 41.1 Å². The molecule has 9 nitrogen and oxygen atoms in total.